The van der Waals surface area contributed by atoms with Gasteiger partial charge in [-0.2, -0.15) is 0 Å². The first-order chi connectivity index (χ1) is 8.07. The molecule has 0 radical (unpaired) electrons. The minimum absolute atomic E-state index is 0.0508. The summed E-state index contributed by atoms with van der Waals surface area (Å²) in [4.78, 5) is 13.3. The molecule has 0 bridgehead atoms. The Labute approximate surface area is 100 Å². The van der Waals surface area contributed by atoms with E-state index in [0.717, 1.165) is 0 Å². The molecule has 1 fully saturated rings. The molecule has 0 aromatic heterocycles. The van der Waals surface area contributed by atoms with Crippen molar-refractivity contribution < 1.29 is 13.2 Å². The largest absolute Gasteiger partial charge is 0.322 e. The molecule has 2 rings (SSSR count). The number of carbonyl (C=O) groups excluding carboxylic acids is 1. The first-order valence-corrected chi connectivity index (χ1v) is 7.20. The highest BCUT2D eigenvalue weighted by molar-refractivity contribution is 7.91. The van der Waals surface area contributed by atoms with E-state index in [9.17, 15) is 13.2 Å². The van der Waals surface area contributed by atoms with E-state index in [0.29, 0.717) is 5.69 Å². The van der Waals surface area contributed by atoms with Crippen molar-refractivity contribution in [3.63, 3.8) is 0 Å². The zero-order chi connectivity index (χ0) is 12.3. The van der Waals surface area contributed by atoms with Crippen LogP contribution < -0.4 is 5.32 Å². The van der Waals surface area contributed by atoms with Crippen LogP contribution in [0.25, 0.3) is 0 Å². The Balaban J connectivity index is 1.94. The van der Waals surface area contributed by atoms with E-state index in [1.807, 2.05) is 18.2 Å². The van der Waals surface area contributed by atoms with Gasteiger partial charge in [-0.1, -0.05) is 18.2 Å². The lowest BCUT2D eigenvalue weighted by Crippen LogP contribution is -2.45. The number of sulfone groups is 1. The van der Waals surface area contributed by atoms with Gasteiger partial charge in [0.15, 0.2) is 9.84 Å². The van der Waals surface area contributed by atoms with Crippen LogP contribution in [0.15, 0.2) is 30.3 Å². The van der Waals surface area contributed by atoms with Gasteiger partial charge in [0.25, 0.3) is 0 Å². The van der Waals surface area contributed by atoms with Crippen LogP contribution >= 0.6 is 0 Å². The van der Waals surface area contributed by atoms with E-state index >= 15 is 0 Å². The molecule has 1 aromatic rings. The number of hydrogen-bond acceptors (Lipinski definition) is 3. The van der Waals surface area contributed by atoms with Gasteiger partial charge in [0, 0.05) is 18.8 Å². The van der Waals surface area contributed by atoms with E-state index in [4.69, 9.17) is 0 Å². The molecule has 0 atom stereocenters. The molecule has 0 unspecified atom stereocenters. The fourth-order valence-electron chi connectivity index (χ4n) is 1.64. The van der Waals surface area contributed by atoms with Gasteiger partial charge in [0.1, 0.15) is 0 Å². The van der Waals surface area contributed by atoms with Crippen LogP contribution in [0.3, 0.4) is 0 Å². The molecule has 92 valence electrons. The molecule has 6 heteroatoms. The second kappa shape index (κ2) is 4.75. The Hall–Kier alpha value is -1.56. The van der Waals surface area contributed by atoms with Gasteiger partial charge in [-0.25, -0.2) is 13.2 Å². The van der Waals surface area contributed by atoms with E-state index in [1.165, 1.54) is 4.90 Å². The minimum Gasteiger partial charge on any atom is -0.322 e. The second-order valence-electron chi connectivity index (χ2n) is 3.94. The average molecular weight is 254 g/mol. The van der Waals surface area contributed by atoms with Crippen molar-refractivity contribution in [2.75, 3.05) is 29.9 Å². The Kier molecular flexibility index (Phi) is 3.33. The fraction of sp³-hybridized carbons (Fsp3) is 0.364. The van der Waals surface area contributed by atoms with Crippen molar-refractivity contribution >= 4 is 21.6 Å². The molecule has 1 aliphatic rings. The Morgan fingerprint density at radius 1 is 1.12 bits per heavy atom. The van der Waals surface area contributed by atoms with E-state index < -0.39 is 9.84 Å². The third kappa shape index (κ3) is 3.20. The quantitative estimate of drug-likeness (QED) is 0.811. The fourth-order valence-corrected chi connectivity index (χ4v) is 2.84. The molecule has 0 saturated carbocycles. The molecule has 5 nitrogen and oxygen atoms in total. The lowest BCUT2D eigenvalue weighted by molar-refractivity contribution is 0.216. The summed E-state index contributed by atoms with van der Waals surface area (Å²) in [5.41, 5.74) is 0.714. The second-order valence-corrected chi connectivity index (χ2v) is 6.24. The zero-order valence-corrected chi connectivity index (χ0v) is 10.1. The predicted molar refractivity (Wildman–Crippen MR) is 65.7 cm³/mol. The predicted octanol–water partition coefficient (Wildman–Crippen LogP) is 0.949. The number of anilines is 1. The molecule has 0 aliphatic carbocycles. The van der Waals surface area contributed by atoms with Crippen LogP contribution in [0.1, 0.15) is 0 Å². The maximum Gasteiger partial charge on any atom is 0.321 e. The third-order valence-electron chi connectivity index (χ3n) is 2.66. The van der Waals surface area contributed by atoms with Crippen molar-refractivity contribution in [1.29, 1.82) is 0 Å². The highest BCUT2D eigenvalue weighted by Crippen LogP contribution is 2.09. The average Bonchev–Trinajstić information content (AvgIpc) is 2.30. The van der Waals surface area contributed by atoms with Crippen molar-refractivity contribution in [1.82, 2.24) is 4.90 Å². The van der Waals surface area contributed by atoms with Gasteiger partial charge in [0.05, 0.1) is 11.5 Å². The normalized spacial score (nSPS) is 18.7. The SMILES string of the molecule is O=C(Nc1ccccc1)N1CCS(=O)(=O)CC1. The summed E-state index contributed by atoms with van der Waals surface area (Å²) in [6.07, 6.45) is 0. The lowest BCUT2D eigenvalue weighted by Gasteiger charge is -2.26. The van der Waals surface area contributed by atoms with Gasteiger partial charge in [-0.05, 0) is 12.1 Å². The van der Waals surface area contributed by atoms with E-state index in [1.54, 1.807) is 12.1 Å². The molecular formula is C11H14N2O3S. The number of benzene rings is 1. The summed E-state index contributed by atoms with van der Waals surface area (Å²) in [5.74, 6) is 0.102. The number of para-hydroxylation sites is 1. The van der Waals surface area contributed by atoms with Crippen LogP contribution in [0.2, 0.25) is 0 Å². The van der Waals surface area contributed by atoms with Crippen molar-refractivity contribution in [3.8, 4) is 0 Å². The topological polar surface area (TPSA) is 66.5 Å². The van der Waals surface area contributed by atoms with E-state index in [-0.39, 0.29) is 30.6 Å². The first kappa shape index (κ1) is 11.9. The van der Waals surface area contributed by atoms with Crippen LogP contribution in [0.5, 0.6) is 0 Å². The summed E-state index contributed by atoms with van der Waals surface area (Å²) in [6.45, 7) is 0.530. The molecular weight excluding hydrogens is 240 g/mol. The third-order valence-corrected chi connectivity index (χ3v) is 4.27. The standard InChI is InChI=1S/C11H14N2O3S/c14-11(12-10-4-2-1-3-5-10)13-6-8-17(15,16)9-7-13/h1-5H,6-9H2,(H,12,14). The summed E-state index contributed by atoms with van der Waals surface area (Å²) in [5, 5.41) is 2.73. The highest BCUT2D eigenvalue weighted by Gasteiger charge is 2.24. The molecule has 1 aromatic carbocycles. The zero-order valence-electron chi connectivity index (χ0n) is 9.30. The van der Waals surface area contributed by atoms with Crippen LogP contribution in [-0.4, -0.2) is 43.9 Å². The maximum absolute atomic E-state index is 11.8. The summed E-state index contributed by atoms with van der Waals surface area (Å²) in [6, 6.07) is 8.86. The molecule has 2 amide bonds. The van der Waals surface area contributed by atoms with Crippen LogP contribution in [-0.2, 0) is 9.84 Å². The molecule has 0 spiro atoms. The number of nitrogens with zero attached hydrogens (tertiary/aromatic N) is 1. The number of carbonyl (C=O) groups is 1. The number of rotatable bonds is 1. The van der Waals surface area contributed by atoms with Crippen molar-refractivity contribution in [2.24, 2.45) is 0 Å². The monoisotopic (exact) mass is 254 g/mol. The van der Waals surface area contributed by atoms with Crippen molar-refractivity contribution in [2.45, 2.75) is 0 Å². The van der Waals surface area contributed by atoms with Crippen molar-refractivity contribution in [3.05, 3.63) is 30.3 Å². The van der Waals surface area contributed by atoms with Gasteiger partial charge in [-0.15, -0.1) is 0 Å². The smallest absolute Gasteiger partial charge is 0.321 e. The van der Waals surface area contributed by atoms with E-state index in [2.05, 4.69) is 5.32 Å². The highest BCUT2D eigenvalue weighted by atomic mass is 32.2. The molecule has 1 N–H and O–H groups in total. The minimum atomic E-state index is -2.94. The Bertz CT molecular complexity index is 485. The van der Waals surface area contributed by atoms with Gasteiger partial charge in [-0.3, -0.25) is 0 Å². The molecule has 1 aliphatic heterocycles. The van der Waals surface area contributed by atoms with Crippen LogP contribution in [0, 0.1) is 0 Å². The number of urea groups is 1. The molecule has 1 saturated heterocycles. The molecule has 1 heterocycles. The Morgan fingerprint density at radius 2 is 1.71 bits per heavy atom. The summed E-state index contributed by atoms with van der Waals surface area (Å²) in [7, 11) is -2.94. The number of hydrogen-bond donors (Lipinski definition) is 1. The number of amides is 2. The Morgan fingerprint density at radius 3 is 2.29 bits per heavy atom. The summed E-state index contributed by atoms with van der Waals surface area (Å²) >= 11 is 0. The molecule has 17 heavy (non-hydrogen) atoms. The number of nitrogens with one attached hydrogen (secondary N) is 1. The van der Waals surface area contributed by atoms with Gasteiger partial charge in [0.2, 0.25) is 0 Å². The van der Waals surface area contributed by atoms with Gasteiger partial charge < -0.3 is 10.2 Å². The maximum atomic E-state index is 11.8. The lowest BCUT2D eigenvalue weighted by atomic mass is 10.3. The first-order valence-electron chi connectivity index (χ1n) is 5.38. The van der Waals surface area contributed by atoms with Gasteiger partial charge >= 0.3 is 6.03 Å². The van der Waals surface area contributed by atoms with Crippen LogP contribution in [0.4, 0.5) is 10.5 Å². The summed E-state index contributed by atoms with van der Waals surface area (Å²) < 4.78 is 22.4.